The van der Waals surface area contributed by atoms with Gasteiger partial charge in [0.2, 0.25) is 0 Å². The fourth-order valence-electron chi connectivity index (χ4n) is 0.724. The first-order chi connectivity index (χ1) is 8.09. The van der Waals surface area contributed by atoms with Gasteiger partial charge in [-0.25, -0.2) is 9.18 Å². The Hall–Kier alpha value is -1.49. The highest BCUT2D eigenvalue weighted by Crippen LogP contribution is 2.55. The number of hydrogen-bond acceptors (Lipinski definition) is 1. The summed E-state index contributed by atoms with van der Waals surface area (Å²) in [7, 11) is 0. The molecule has 0 heterocycles. The number of alkyl halides is 9. The normalized spacial score (nSPS) is 15.6. The Morgan fingerprint density at radius 3 is 1.47 bits per heavy atom. The topological polar surface area (TPSA) is 37.3 Å². The number of rotatable bonds is 4. The lowest BCUT2D eigenvalue weighted by molar-refractivity contribution is -0.391. The summed E-state index contributed by atoms with van der Waals surface area (Å²) in [4.78, 5) is 9.73. The fraction of sp³-hybridized carbons (Fsp3) is 0.571. The smallest absolute Gasteiger partial charge is 0.460 e. The Morgan fingerprint density at radius 2 is 1.21 bits per heavy atom. The van der Waals surface area contributed by atoms with Gasteiger partial charge in [-0.1, -0.05) is 0 Å². The maximum Gasteiger partial charge on any atom is 0.460 e. The van der Waals surface area contributed by atoms with Crippen molar-refractivity contribution in [3.8, 4) is 0 Å². The lowest BCUT2D eigenvalue weighted by atomic mass is 10.0. The third-order valence-electron chi connectivity index (χ3n) is 1.69. The van der Waals surface area contributed by atoms with Crippen molar-refractivity contribution in [2.24, 2.45) is 0 Å². The van der Waals surface area contributed by atoms with Gasteiger partial charge >= 0.3 is 29.9 Å². The van der Waals surface area contributed by atoms with Crippen LogP contribution in [-0.2, 0) is 4.79 Å². The van der Waals surface area contributed by atoms with Crippen LogP contribution in [0.2, 0.25) is 0 Å². The fourth-order valence-corrected chi connectivity index (χ4v) is 0.724. The Balaban J connectivity index is 5.84. The van der Waals surface area contributed by atoms with E-state index in [2.05, 4.69) is 0 Å². The summed E-state index contributed by atoms with van der Waals surface area (Å²) in [6, 6.07) is 0. The molecule has 0 aliphatic heterocycles. The summed E-state index contributed by atoms with van der Waals surface area (Å²) < 4.78 is 122. The van der Waals surface area contributed by atoms with Crippen molar-refractivity contribution < 1.29 is 53.8 Å². The van der Waals surface area contributed by atoms with Gasteiger partial charge in [0, 0.05) is 0 Å². The van der Waals surface area contributed by atoms with E-state index in [-0.39, 0.29) is 0 Å². The Morgan fingerprint density at radius 1 is 0.842 bits per heavy atom. The molecule has 0 aromatic carbocycles. The molecule has 12 heteroatoms. The second-order valence-corrected chi connectivity index (χ2v) is 3.05. The third kappa shape index (κ3) is 2.76. The summed E-state index contributed by atoms with van der Waals surface area (Å²) in [5, 5.41) is 7.77. The first-order valence-corrected chi connectivity index (χ1v) is 3.89. The van der Waals surface area contributed by atoms with E-state index in [1.165, 1.54) is 0 Å². The molecule has 2 nitrogen and oxygen atoms in total. The standard InChI is InChI=1S/C7H2F10O2/c8-2(1-3(18)19)4(9,10)5(11,12)6(13,14)7(15,16)17/h1H,(H,18,19)/b2-1-. The van der Waals surface area contributed by atoms with E-state index < -0.39 is 41.8 Å². The second-order valence-electron chi connectivity index (χ2n) is 3.05. The van der Waals surface area contributed by atoms with E-state index in [1.807, 2.05) is 0 Å². The number of carboxylic acid groups (broad SMARTS) is 1. The number of carboxylic acids is 1. The molecule has 0 aliphatic rings. The minimum atomic E-state index is -7.27. The lowest BCUT2D eigenvalue weighted by Crippen LogP contribution is -2.61. The quantitative estimate of drug-likeness (QED) is 0.638. The number of halogens is 10. The average Bonchev–Trinajstić information content (AvgIpc) is 2.13. The van der Waals surface area contributed by atoms with E-state index in [9.17, 15) is 48.7 Å². The van der Waals surface area contributed by atoms with Gasteiger partial charge in [0.1, 0.15) is 0 Å². The first kappa shape index (κ1) is 17.5. The summed E-state index contributed by atoms with van der Waals surface area (Å²) >= 11 is 0. The monoisotopic (exact) mass is 308 g/mol. The molecular formula is C7H2F10O2. The molecule has 0 atom stereocenters. The molecular weight excluding hydrogens is 306 g/mol. The summed E-state index contributed by atoms with van der Waals surface area (Å²) in [5.74, 6) is -27.4. The third-order valence-corrected chi connectivity index (χ3v) is 1.69. The van der Waals surface area contributed by atoms with Crippen molar-refractivity contribution >= 4 is 5.97 Å². The van der Waals surface area contributed by atoms with Gasteiger partial charge in [0.25, 0.3) is 0 Å². The predicted octanol–water partition coefficient (Wildman–Crippen LogP) is 3.39. The highest BCUT2D eigenvalue weighted by Gasteiger charge is 2.82. The molecule has 1 N–H and O–H groups in total. The largest absolute Gasteiger partial charge is 0.478 e. The van der Waals surface area contributed by atoms with Gasteiger partial charge < -0.3 is 5.11 Å². The molecule has 19 heavy (non-hydrogen) atoms. The van der Waals surface area contributed by atoms with Crippen molar-refractivity contribution in [3.05, 3.63) is 11.9 Å². The molecule has 0 aromatic heterocycles. The molecule has 0 fully saturated rings. The summed E-state index contributed by atoms with van der Waals surface area (Å²) in [5.41, 5.74) is 0. The van der Waals surface area contributed by atoms with Crippen LogP contribution in [0.15, 0.2) is 11.9 Å². The zero-order valence-corrected chi connectivity index (χ0v) is 8.21. The Labute approximate surface area is 96.9 Å². The zero-order valence-electron chi connectivity index (χ0n) is 8.21. The van der Waals surface area contributed by atoms with Crippen molar-refractivity contribution in [2.75, 3.05) is 0 Å². The van der Waals surface area contributed by atoms with E-state index in [1.54, 1.807) is 0 Å². The van der Waals surface area contributed by atoms with Gasteiger partial charge in [0.15, 0.2) is 5.83 Å². The SMILES string of the molecule is O=C(O)/C=C(\F)C(F)(F)C(F)(F)C(F)(F)C(F)(F)F. The zero-order chi connectivity index (χ0) is 15.9. The van der Waals surface area contributed by atoms with Crippen molar-refractivity contribution in [1.82, 2.24) is 0 Å². The van der Waals surface area contributed by atoms with E-state index in [4.69, 9.17) is 5.11 Å². The minimum Gasteiger partial charge on any atom is -0.478 e. The van der Waals surface area contributed by atoms with Crippen LogP contribution in [0, 0.1) is 0 Å². The summed E-state index contributed by atoms with van der Waals surface area (Å²) in [6.07, 6.45) is -8.34. The van der Waals surface area contributed by atoms with E-state index in [0.29, 0.717) is 0 Å². The van der Waals surface area contributed by atoms with Crippen LogP contribution in [0.3, 0.4) is 0 Å². The number of allylic oxidation sites excluding steroid dienone is 1. The number of aliphatic carboxylic acids is 1. The van der Waals surface area contributed by atoms with Gasteiger partial charge in [-0.15, -0.1) is 0 Å². The molecule has 0 rings (SSSR count). The second kappa shape index (κ2) is 4.56. The predicted molar refractivity (Wildman–Crippen MR) is 37.7 cm³/mol. The minimum absolute atomic E-state index is 1.25. The lowest BCUT2D eigenvalue weighted by Gasteiger charge is -2.32. The van der Waals surface area contributed by atoms with E-state index >= 15 is 0 Å². The maximum absolute atomic E-state index is 12.5. The van der Waals surface area contributed by atoms with Crippen molar-refractivity contribution in [2.45, 2.75) is 23.9 Å². The van der Waals surface area contributed by atoms with Crippen LogP contribution in [0.5, 0.6) is 0 Å². The van der Waals surface area contributed by atoms with Gasteiger partial charge in [-0.2, -0.15) is 39.5 Å². The molecule has 0 bridgehead atoms. The van der Waals surface area contributed by atoms with Crippen molar-refractivity contribution in [1.29, 1.82) is 0 Å². The van der Waals surface area contributed by atoms with E-state index in [0.717, 1.165) is 0 Å². The number of carbonyl (C=O) groups is 1. The molecule has 0 saturated carbocycles. The van der Waals surface area contributed by atoms with Crippen LogP contribution in [0.4, 0.5) is 43.9 Å². The molecule has 0 unspecified atom stereocenters. The van der Waals surface area contributed by atoms with Crippen LogP contribution in [-0.4, -0.2) is 35.0 Å². The summed E-state index contributed by atoms with van der Waals surface area (Å²) in [6.45, 7) is 0. The maximum atomic E-state index is 12.5. The highest BCUT2D eigenvalue weighted by atomic mass is 19.4. The van der Waals surface area contributed by atoms with Gasteiger partial charge in [0.05, 0.1) is 6.08 Å². The Kier molecular flexibility index (Phi) is 4.20. The molecule has 112 valence electrons. The average molecular weight is 308 g/mol. The molecule has 0 radical (unpaired) electrons. The van der Waals surface area contributed by atoms with Crippen LogP contribution < -0.4 is 0 Å². The first-order valence-electron chi connectivity index (χ1n) is 3.89. The molecule has 0 amide bonds. The van der Waals surface area contributed by atoms with Gasteiger partial charge in [-0.3, -0.25) is 0 Å². The van der Waals surface area contributed by atoms with Crippen molar-refractivity contribution in [3.63, 3.8) is 0 Å². The Bertz CT molecular complexity index is 393. The number of hydrogen-bond donors (Lipinski definition) is 1. The molecule has 0 aromatic rings. The molecule has 0 saturated heterocycles. The molecule has 0 aliphatic carbocycles. The van der Waals surface area contributed by atoms with Crippen LogP contribution in [0.1, 0.15) is 0 Å². The molecule has 0 spiro atoms. The van der Waals surface area contributed by atoms with Crippen LogP contribution in [0.25, 0.3) is 0 Å². The van der Waals surface area contributed by atoms with Gasteiger partial charge in [-0.05, 0) is 0 Å². The van der Waals surface area contributed by atoms with Crippen LogP contribution >= 0.6 is 0 Å². The highest BCUT2D eigenvalue weighted by molar-refractivity contribution is 5.80.